The Kier molecular flexibility index (Phi) is 4.49. The van der Waals surface area contributed by atoms with Crippen LogP contribution in [0.2, 0.25) is 0 Å². The van der Waals surface area contributed by atoms with Gasteiger partial charge in [0.15, 0.2) is 0 Å². The maximum Gasteiger partial charge on any atom is 0.315 e. The summed E-state index contributed by atoms with van der Waals surface area (Å²) in [5.74, 6) is 0. The number of carbonyl (C=O) groups excluding carboxylic acids is 1. The number of nitrogens with one attached hydrogen (secondary N) is 2. The molecular formula is C14H27N3O. The van der Waals surface area contributed by atoms with Crippen LogP contribution in [0.3, 0.4) is 0 Å². The number of hydrogen-bond acceptors (Lipinski definition) is 2. The molecule has 1 aliphatic heterocycles. The molecule has 0 aromatic carbocycles. The number of nitrogens with zero attached hydrogens (tertiary/aromatic N) is 1. The molecule has 0 radical (unpaired) electrons. The van der Waals surface area contributed by atoms with Crippen molar-refractivity contribution in [2.75, 3.05) is 26.7 Å². The topological polar surface area (TPSA) is 44.4 Å². The Labute approximate surface area is 110 Å². The van der Waals surface area contributed by atoms with Gasteiger partial charge in [0.2, 0.25) is 0 Å². The molecule has 2 fully saturated rings. The van der Waals surface area contributed by atoms with Crippen molar-refractivity contribution in [3.8, 4) is 0 Å². The molecule has 2 N–H and O–H groups in total. The van der Waals surface area contributed by atoms with E-state index in [1.54, 1.807) is 0 Å². The molecule has 1 saturated heterocycles. The molecule has 2 aliphatic rings. The lowest BCUT2D eigenvalue weighted by molar-refractivity contribution is 0.137. The molecule has 2 rings (SSSR count). The summed E-state index contributed by atoms with van der Waals surface area (Å²) in [5.41, 5.74) is 0.277. The molecule has 1 heterocycles. The summed E-state index contributed by atoms with van der Waals surface area (Å²) < 4.78 is 0. The number of rotatable bonds is 3. The largest absolute Gasteiger partial charge is 0.338 e. The number of likely N-dealkylation sites (tertiary alicyclic amines) is 1. The van der Waals surface area contributed by atoms with Crippen molar-refractivity contribution in [3.63, 3.8) is 0 Å². The predicted octanol–water partition coefficient (Wildman–Crippen LogP) is 1.96. The lowest BCUT2D eigenvalue weighted by atomic mass is 9.80. The Bertz CT molecular complexity index is 279. The lowest BCUT2D eigenvalue weighted by Crippen LogP contribution is -2.47. The van der Waals surface area contributed by atoms with Crippen molar-refractivity contribution in [2.45, 2.75) is 51.5 Å². The Balaban J connectivity index is 1.68. The van der Waals surface area contributed by atoms with Crippen molar-refractivity contribution in [3.05, 3.63) is 0 Å². The zero-order valence-corrected chi connectivity index (χ0v) is 11.8. The van der Waals surface area contributed by atoms with Crippen LogP contribution in [0, 0.1) is 5.41 Å². The number of hydrogen-bond donors (Lipinski definition) is 2. The molecule has 2 amide bonds. The quantitative estimate of drug-likeness (QED) is 0.807. The molecule has 0 spiro atoms. The monoisotopic (exact) mass is 253 g/mol. The van der Waals surface area contributed by atoms with Crippen LogP contribution in [-0.2, 0) is 0 Å². The normalized spacial score (nSPS) is 25.0. The highest BCUT2D eigenvalue weighted by atomic mass is 16.2. The molecule has 1 saturated carbocycles. The molecule has 4 nitrogen and oxygen atoms in total. The third-order valence-electron chi connectivity index (χ3n) is 4.56. The van der Waals surface area contributed by atoms with Crippen LogP contribution in [0.25, 0.3) is 0 Å². The summed E-state index contributed by atoms with van der Waals surface area (Å²) in [4.78, 5) is 14.2. The van der Waals surface area contributed by atoms with Gasteiger partial charge in [-0.1, -0.05) is 19.8 Å². The minimum Gasteiger partial charge on any atom is -0.338 e. The summed E-state index contributed by atoms with van der Waals surface area (Å²) >= 11 is 0. The van der Waals surface area contributed by atoms with E-state index in [0.29, 0.717) is 6.04 Å². The van der Waals surface area contributed by atoms with Crippen LogP contribution in [0.4, 0.5) is 4.79 Å². The average molecular weight is 253 g/mol. The van der Waals surface area contributed by atoms with Crippen molar-refractivity contribution < 1.29 is 4.79 Å². The SMILES string of the molecule is CN1CCC(C)(CNC(=O)NC2CCCC2)CC1. The van der Waals surface area contributed by atoms with E-state index in [4.69, 9.17) is 0 Å². The van der Waals surface area contributed by atoms with E-state index in [-0.39, 0.29) is 11.4 Å². The predicted molar refractivity (Wildman–Crippen MR) is 73.6 cm³/mol. The first-order valence-corrected chi connectivity index (χ1v) is 7.30. The first kappa shape index (κ1) is 13.7. The number of carbonyl (C=O) groups is 1. The second kappa shape index (κ2) is 5.91. The van der Waals surface area contributed by atoms with Gasteiger partial charge < -0.3 is 15.5 Å². The molecule has 0 aromatic rings. The van der Waals surface area contributed by atoms with Gasteiger partial charge in [0.25, 0.3) is 0 Å². The van der Waals surface area contributed by atoms with Gasteiger partial charge in [-0.2, -0.15) is 0 Å². The summed E-state index contributed by atoms with van der Waals surface area (Å²) in [5, 5.41) is 6.15. The molecule has 0 aromatic heterocycles. The molecule has 4 heteroatoms. The van der Waals surface area contributed by atoms with Crippen molar-refractivity contribution in [2.24, 2.45) is 5.41 Å². The molecule has 104 valence electrons. The lowest BCUT2D eigenvalue weighted by Gasteiger charge is -2.38. The third kappa shape index (κ3) is 3.87. The Morgan fingerprint density at radius 2 is 1.89 bits per heavy atom. The van der Waals surface area contributed by atoms with Crippen LogP contribution < -0.4 is 10.6 Å². The molecular weight excluding hydrogens is 226 g/mol. The average Bonchev–Trinajstić information content (AvgIpc) is 2.84. The van der Waals surface area contributed by atoms with Gasteiger partial charge in [0.05, 0.1) is 0 Å². The van der Waals surface area contributed by atoms with Crippen LogP contribution in [0.5, 0.6) is 0 Å². The zero-order chi connectivity index (χ0) is 13.0. The van der Waals surface area contributed by atoms with Gasteiger partial charge in [0, 0.05) is 12.6 Å². The number of amides is 2. The maximum absolute atomic E-state index is 11.8. The fourth-order valence-electron chi connectivity index (χ4n) is 2.94. The first-order valence-electron chi connectivity index (χ1n) is 7.30. The summed E-state index contributed by atoms with van der Waals surface area (Å²) in [6.07, 6.45) is 7.16. The number of piperidine rings is 1. The summed E-state index contributed by atoms with van der Waals surface area (Å²) in [7, 11) is 2.17. The van der Waals surface area contributed by atoms with Gasteiger partial charge in [-0.25, -0.2) is 4.79 Å². The van der Waals surface area contributed by atoms with Crippen molar-refractivity contribution in [1.82, 2.24) is 15.5 Å². The number of urea groups is 1. The Morgan fingerprint density at radius 3 is 2.50 bits per heavy atom. The highest BCUT2D eigenvalue weighted by Gasteiger charge is 2.29. The van der Waals surface area contributed by atoms with E-state index < -0.39 is 0 Å². The van der Waals surface area contributed by atoms with Gasteiger partial charge in [-0.15, -0.1) is 0 Å². The minimum absolute atomic E-state index is 0.0297. The molecule has 18 heavy (non-hydrogen) atoms. The smallest absolute Gasteiger partial charge is 0.315 e. The second-order valence-electron chi connectivity index (χ2n) is 6.42. The standard InChI is InChI=1S/C14H27N3O/c1-14(7-9-17(2)10-8-14)11-15-13(18)16-12-5-3-4-6-12/h12H,3-11H2,1-2H3,(H2,15,16,18). The second-order valence-corrected chi connectivity index (χ2v) is 6.42. The molecule has 0 unspecified atom stereocenters. The van der Waals surface area contributed by atoms with Crippen molar-refractivity contribution in [1.29, 1.82) is 0 Å². The van der Waals surface area contributed by atoms with E-state index in [1.165, 1.54) is 25.7 Å². The van der Waals surface area contributed by atoms with E-state index >= 15 is 0 Å². The van der Waals surface area contributed by atoms with E-state index in [9.17, 15) is 4.79 Å². The molecule has 0 atom stereocenters. The van der Waals surface area contributed by atoms with Crippen LogP contribution >= 0.6 is 0 Å². The summed E-state index contributed by atoms with van der Waals surface area (Å²) in [6.45, 7) is 5.38. The maximum atomic E-state index is 11.8. The van der Waals surface area contributed by atoms with E-state index in [1.807, 2.05) is 0 Å². The highest BCUT2D eigenvalue weighted by molar-refractivity contribution is 5.74. The fraction of sp³-hybridized carbons (Fsp3) is 0.929. The van der Waals surface area contributed by atoms with Gasteiger partial charge >= 0.3 is 6.03 Å². The van der Waals surface area contributed by atoms with Crippen LogP contribution in [0.1, 0.15) is 45.4 Å². The van der Waals surface area contributed by atoms with Crippen LogP contribution in [-0.4, -0.2) is 43.7 Å². The van der Waals surface area contributed by atoms with E-state index in [0.717, 1.165) is 32.5 Å². The Hall–Kier alpha value is -0.770. The van der Waals surface area contributed by atoms with Crippen LogP contribution in [0.15, 0.2) is 0 Å². The van der Waals surface area contributed by atoms with Crippen molar-refractivity contribution >= 4 is 6.03 Å². The fourth-order valence-corrected chi connectivity index (χ4v) is 2.94. The molecule has 1 aliphatic carbocycles. The first-order chi connectivity index (χ1) is 8.57. The Morgan fingerprint density at radius 1 is 1.28 bits per heavy atom. The zero-order valence-electron chi connectivity index (χ0n) is 11.8. The summed E-state index contributed by atoms with van der Waals surface area (Å²) in [6, 6.07) is 0.442. The third-order valence-corrected chi connectivity index (χ3v) is 4.56. The highest BCUT2D eigenvalue weighted by Crippen LogP contribution is 2.29. The minimum atomic E-state index is 0.0297. The van der Waals surface area contributed by atoms with E-state index in [2.05, 4.69) is 29.5 Å². The van der Waals surface area contributed by atoms with Gasteiger partial charge in [0.1, 0.15) is 0 Å². The molecule has 0 bridgehead atoms. The van der Waals surface area contributed by atoms with Gasteiger partial charge in [-0.05, 0) is 51.2 Å². The van der Waals surface area contributed by atoms with Gasteiger partial charge in [-0.3, -0.25) is 0 Å².